The van der Waals surface area contributed by atoms with Crippen molar-refractivity contribution in [3.8, 4) is 5.75 Å². The number of aromatic nitrogens is 1. The number of ether oxygens (including phenoxy) is 1. The standard InChI is InChI=1S/C15H16N2O3/c18-15(19)11-20-14-3-1-2-13(8-14)10-17-9-12-4-6-16-7-5-12/h1-8,17H,9-11H2,(H,18,19). The second kappa shape index (κ2) is 7.25. The van der Waals surface area contributed by atoms with E-state index in [0.717, 1.165) is 12.1 Å². The molecular weight excluding hydrogens is 256 g/mol. The number of rotatable bonds is 7. The van der Waals surface area contributed by atoms with Crippen LogP contribution in [0.4, 0.5) is 0 Å². The molecule has 0 aliphatic carbocycles. The van der Waals surface area contributed by atoms with Crippen LogP contribution in [-0.4, -0.2) is 22.7 Å². The molecule has 2 N–H and O–H groups in total. The van der Waals surface area contributed by atoms with Gasteiger partial charge >= 0.3 is 5.97 Å². The van der Waals surface area contributed by atoms with E-state index in [1.54, 1.807) is 18.5 Å². The predicted octanol–water partition coefficient (Wildman–Crippen LogP) is 1.83. The molecule has 0 aliphatic rings. The van der Waals surface area contributed by atoms with Crippen LogP contribution in [0.15, 0.2) is 48.8 Å². The van der Waals surface area contributed by atoms with Crippen molar-refractivity contribution in [3.63, 3.8) is 0 Å². The van der Waals surface area contributed by atoms with Gasteiger partial charge in [0.15, 0.2) is 6.61 Å². The molecule has 2 rings (SSSR count). The smallest absolute Gasteiger partial charge is 0.341 e. The number of carboxylic acids is 1. The monoisotopic (exact) mass is 272 g/mol. The number of pyridine rings is 1. The van der Waals surface area contributed by atoms with E-state index in [4.69, 9.17) is 9.84 Å². The normalized spacial score (nSPS) is 10.2. The minimum Gasteiger partial charge on any atom is -0.482 e. The topological polar surface area (TPSA) is 71.5 Å². The maximum absolute atomic E-state index is 10.4. The van der Waals surface area contributed by atoms with Crippen LogP contribution in [0, 0.1) is 0 Å². The third-order valence-corrected chi connectivity index (χ3v) is 2.67. The van der Waals surface area contributed by atoms with Crippen LogP contribution in [0.5, 0.6) is 5.75 Å². The first-order valence-electron chi connectivity index (χ1n) is 6.27. The number of aliphatic carboxylic acids is 1. The van der Waals surface area contributed by atoms with Crippen molar-refractivity contribution < 1.29 is 14.6 Å². The maximum atomic E-state index is 10.4. The Labute approximate surface area is 117 Å². The highest BCUT2D eigenvalue weighted by molar-refractivity contribution is 5.68. The van der Waals surface area contributed by atoms with Gasteiger partial charge < -0.3 is 15.2 Å². The van der Waals surface area contributed by atoms with Gasteiger partial charge in [0.2, 0.25) is 0 Å². The SMILES string of the molecule is O=C(O)COc1cccc(CNCc2ccncc2)c1. The quantitative estimate of drug-likeness (QED) is 0.804. The number of nitrogens with zero attached hydrogens (tertiary/aromatic N) is 1. The number of hydrogen-bond donors (Lipinski definition) is 2. The summed E-state index contributed by atoms with van der Waals surface area (Å²) in [4.78, 5) is 14.4. The first-order valence-corrected chi connectivity index (χ1v) is 6.27. The van der Waals surface area contributed by atoms with E-state index in [-0.39, 0.29) is 6.61 Å². The number of carbonyl (C=O) groups is 1. The molecule has 5 nitrogen and oxygen atoms in total. The molecule has 0 unspecified atom stereocenters. The van der Waals surface area contributed by atoms with E-state index in [9.17, 15) is 4.79 Å². The van der Waals surface area contributed by atoms with Crippen molar-refractivity contribution in [2.75, 3.05) is 6.61 Å². The largest absolute Gasteiger partial charge is 0.482 e. The molecule has 0 amide bonds. The zero-order chi connectivity index (χ0) is 14.2. The first-order chi connectivity index (χ1) is 9.74. The lowest BCUT2D eigenvalue weighted by atomic mass is 10.2. The highest BCUT2D eigenvalue weighted by Gasteiger charge is 2.00. The van der Waals surface area contributed by atoms with Crippen LogP contribution < -0.4 is 10.1 Å². The third kappa shape index (κ3) is 4.70. The fourth-order valence-electron chi connectivity index (χ4n) is 1.74. The molecule has 104 valence electrons. The molecular formula is C15H16N2O3. The lowest BCUT2D eigenvalue weighted by Crippen LogP contribution is -2.13. The molecule has 1 aromatic heterocycles. The molecule has 0 radical (unpaired) electrons. The lowest BCUT2D eigenvalue weighted by molar-refractivity contribution is -0.139. The van der Waals surface area contributed by atoms with Crippen molar-refractivity contribution in [3.05, 3.63) is 59.9 Å². The van der Waals surface area contributed by atoms with E-state index >= 15 is 0 Å². The zero-order valence-electron chi connectivity index (χ0n) is 11.0. The molecule has 1 heterocycles. The van der Waals surface area contributed by atoms with Gasteiger partial charge in [0, 0.05) is 25.5 Å². The Bertz CT molecular complexity index is 558. The molecule has 0 bridgehead atoms. The highest BCUT2D eigenvalue weighted by Crippen LogP contribution is 2.13. The van der Waals surface area contributed by atoms with Gasteiger partial charge in [0.25, 0.3) is 0 Å². The van der Waals surface area contributed by atoms with Crippen molar-refractivity contribution in [1.82, 2.24) is 10.3 Å². The van der Waals surface area contributed by atoms with Crippen LogP contribution in [0.3, 0.4) is 0 Å². The van der Waals surface area contributed by atoms with E-state index in [0.29, 0.717) is 12.3 Å². The minimum absolute atomic E-state index is 0.325. The van der Waals surface area contributed by atoms with Crippen molar-refractivity contribution in [2.45, 2.75) is 13.1 Å². The van der Waals surface area contributed by atoms with Gasteiger partial charge in [0.1, 0.15) is 5.75 Å². The van der Waals surface area contributed by atoms with Gasteiger partial charge in [-0.15, -0.1) is 0 Å². The average Bonchev–Trinajstić information content (AvgIpc) is 2.47. The summed E-state index contributed by atoms with van der Waals surface area (Å²) in [5.74, 6) is -0.415. The summed E-state index contributed by atoms with van der Waals surface area (Å²) < 4.78 is 5.14. The van der Waals surface area contributed by atoms with Crippen LogP contribution in [0.1, 0.15) is 11.1 Å². The Morgan fingerprint density at radius 3 is 2.65 bits per heavy atom. The Kier molecular flexibility index (Phi) is 5.08. The molecule has 1 aromatic carbocycles. The first kappa shape index (κ1) is 14.0. The van der Waals surface area contributed by atoms with Gasteiger partial charge in [-0.05, 0) is 35.4 Å². The van der Waals surface area contributed by atoms with Crippen molar-refractivity contribution >= 4 is 5.97 Å². The van der Waals surface area contributed by atoms with Crippen molar-refractivity contribution in [2.24, 2.45) is 0 Å². The highest BCUT2D eigenvalue weighted by atomic mass is 16.5. The molecule has 0 saturated heterocycles. The number of benzene rings is 1. The number of hydrogen-bond acceptors (Lipinski definition) is 4. The van der Waals surface area contributed by atoms with Gasteiger partial charge in [-0.25, -0.2) is 4.79 Å². The van der Waals surface area contributed by atoms with E-state index in [1.807, 2.05) is 30.3 Å². The molecule has 5 heteroatoms. The van der Waals surface area contributed by atoms with Crippen LogP contribution >= 0.6 is 0 Å². The summed E-state index contributed by atoms with van der Waals surface area (Å²) >= 11 is 0. The molecule has 0 fully saturated rings. The number of carboxylic acid groups (broad SMARTS) is 1. The van der Waals surface area contributed by atoms with Crippen LogP contribution in [-0.2, 0) is 17.9 Å². The summed E-state index contributed by atoms with van der Waals surface area (Å²) in [6.07, 6.45) is 3.52. The van der Waals surface area contributed by atoms with Crippen molar-refractivity contribution in [1.29, 1.82) is 0 Å². The van der Waals surface area contributed by atoms with E-state index < -0.39 is 5.97 Å². The second-order valence-electron chi connectivity index (χ2n) is 4.29. The molecule has 0 atom stereocenters. The second-order valence-corrected chi connectivity index (χ2v) is 4.29. The van der Waals surface area contributed by atoms with E-state index in [1.165, 1.54) is 5.56 Å². The lowest BCUT2D eigenvalue weighted by Gasteiger charge is -2.07. The van der Waals surface area contributed by atoms with Gasteiger partial charge in [-0.3, -0.25) is 4.98 Å². The minimum atomic E-state index is -0.980. The summed E-state index contributed by atoms with van der Waals surface area (Å²) in [5, 5.41) is 11.9. The molecule has 0 spiro atoms. The summed E-state index contributed by atoms with van der Waals surface area (Å²) in [7, 11) is 0. The van der Waals surface area contributed by atoms with Gasteiger partial charge in [-0.1, -0.05) is 12.1 Å². The Morgan fingerprint density at radius 2 is 1.90 bits per heavy atom. The Morgan fingerprint density at radius 1 is 1.15 bits per heavy atom. The fraction of sp³-hybridized carbons (Fsp3) is 0.200. The van der Waals surface area contributed by atoms with Gasteiger partial charge in [-0.2, -0.15) is 0 Å². The Balaban J connectivity index is 1.83. The predicted molar refractivity (Wildman–Crippen MR) is 74.4 cm³/mol. The summed E-state index contributed by atoms with van der Waals surface area (Å²) in [6, 6.07) is 11.3. The molecule has 0 aliphatic heterocycles. The molecule has 20 heavy (non-hydrogen) atoms. The maximum Gasteiger partial charge on any atom is 0.341 e. The molecule has 0 saturated carbocycles. The van der Waals surface area contributed by atoms with E-state index in [2.05, 4.69) is 10.3 Å². The zero-order valence-corrected chi connectivity index (χ0v) is 11.0. The number of nitrogens with one attached hydrogen (secondary N) is 1. The van der Waals surface area contributed by atoms with Crippen LogP contribution in [0.2, 0.25) is 0 Å². The summed E-state index contributed by atoms with van der Waals surface area (Å²) in [5.41, 5.74) is 2.21. The van der Waals surface area contributed by atoms with Crippen LogP contribution in [0.25, 0.3) is 0 Å². The summed E-state index contributed by atoms with van der Waals surface area (Å²) in [6.45, 7) is 1.11. The fourth-order valence-corrected chi connectivity index (χ4v) is 1.74. The third-order valence-electron chi connectivity index (χ3n) is 2.67. The molecule has 2 aromatic rings. The Hall–Kier alpha value is -2.40. The average molecular weight is 272 g/mol. The van der Waals surface area contributed by atoms with Gasteiger partial charge in [0.05, 0.1) is 0 Å².